The molecule has 1 aliphatic heterocycles. The number of nitrogens with one attached hydrogen (secondary N) is 4. The van der Waals surface area contributed by atoms with Crippen molar-refractivity contribution in [3.8, 4) is 0 Å². The number of hydrogen-bond donors (Lipinski definition) is 4. The second-order valence-corrected chi connectivity index (χ2v) is 7.07. The van der Waals surface area contributed by atoms with Gasteiger partial charge in [0, 0.05) is 31.4 Å². The van der Waals surface area contributed by atoms with E-state index in [0.717, 1.165) is 45.7 Å². The SMILES string of the molecule is O=C(Nc1cn[nH]c1C(=O)Nc1ccc(CN2CCOCC2)cc1)NC1CC1. The Hall–Kier alpha value is -2.91. The van der Waals surface area contributed by atoms with Crippen molar-refractivity contribution in [3.63, 3.8) is 0 Å². The standard InChI is InChI=1S/C19H24N6O3/c26-18(17-16(11-20-24-17)23-19(27)22-15-5-6-15)21-14-3-1-13(2-4-14)12-25-7-9-28-10-8-25/h1-4,11,15H,5-10,12H2,(H,20,24)(H,21,26)(H2,22,23,27). The van der Waals surface area contributed by atoms with E-state index in [1.807, 2.05) is 24.3 Å². The van der Waals surface area contributed by atoms with Gasteiger partial charge in [-0.1, -0.05) is 12.1 Å². The largest absolute Gasteiger partial charge is 0.379 e. The minimum atomic E-state index is -0.361. The Labute approximate surface area is 162 Å². The van der Waals surface area contributed by atoms with Gasteiger partial charge in [0.15, 0.2) is 0 Å². The van der Waals surface area contributed by atoms with Gasteiger partial charge in [-0.05, 0) is 30.5 Å². The highest BCUT2D eigenvalue weighted by Gasteiger charge is 2.24. The summed E-state index contributed by atoms with van der Waals surface area (Å²) in [6.07, 6.45) is 3.41. The molecule has 0 atom stereocenters. The second kappa shape index (κ2) is 8.41. The number of benzene rings is 1. The molecule has 2 heterocycles. The number of rotatable bonds is 6. The van der Waals surface area contributed by atoms with Gasteiger partial charge >= 0.3 is 6.03 Å². The van der Waals surface area contributed by atoms with Crippen LogP contribution in [-0.4, -0.2) is 59.4 Å². The molecule has 1 aromatic heterocycles. The average Bonchev–Trinajstić information content (AvgIpc) is 3.38. The van der Waals surface area contributed by atoms with E-state index in [-0.39, 0.29) is 23.7 Å². The Morgan fingerprint density at radius 1 is 1.14 bits per heavy atom. The highest BCUT2D eigenvalue weighted by molar-refractivity contribution is 6.08. The fourth-order valence-electron chi connectivity index (χ4n) is 3.03. The molecule has 28 heavy (non-hydrogen) atoms. The number of urea groups is 1. The number of hydrogen-bond acceptors (Lipinski definition) is 5. The molecule has 9 heteroatoms. The summed E-state index contributed by atoms with van der Waals surface area (Å²) in [7, 11) is 0. The van der Waals surface area contributed by atoms with Crippen molar-refractivity contribution in [1.82, 2.24) is 20.4 Å². The fraction of sp³-hybridized carbons (Fsp3) is 0.421. The third-order valence-electron chi connectivity index (χ3n) is 4.75. The third kappa shape index (κ3) is 4.87. The van der Waals surface area contributed by atoms with Gasteiger partial charge < -0.3 is 20.7 Å². The maximum Gasteiger partial charge on any atom is 0.319 e. The monoisotopic (exact) mass is 384 g/mol. The van der Waals surface area contributed by atoms with Crippen molar-refractivity contribution in [2.75, 3.05) is 36.9 Å². The summed E-state index contributed by atoms with van der Waals surface area (Å²) in [5.41, 5.74) is 2.42. The molecule has 3 amide bonds. The predicted octanol–water partition coefficient (Wildman–Crippen LogP) is 1.78. The first-order valence-corrected chi connectivity index (χ1v) is 9.48. The van der Waals surface area contributed by atoms with E-state index in [0.29, 0.717) is 11.4 Å². The van der Waals surface area contributed by atoms with Gasteiger partial charge in [0.1, 0.15) is 5.69 Å². The lowest BCUT2D eigenvalue weighted by molar-refractivity contribution is 0.0342. The van der Waals surface area contributed by atoms with E-state index >= 15 is 0 Å². The van der Waals surface area contributed by atoms with Crippen molar-refractivity contribution >= 4 is 23.3 Å². The Balaban J connectivity index is 1.33. The van der Waals surface area contributed by atoms with E-state index in [2.05, 4.69) is 31.0 Å². The first-order chi connectivity index (χ1) is 13.7. The van der Waals surface area contributed by atoms with Gasteiger partial charge in [0.2, 0.25) is 0 Å². The highest BCUT2D eigenvalue weighted by atomic mass is 16.5. The summed E-state index contributed by atoms with van der Waals surface area (Å²) >= 11 is 0. The molecule has 2 aliphatic rings. The van der Waals surface area contributed by atoms with E-state index in [1.165, 1.54) is 11.8 Å². The molecular weight excluding hydrogens is 360 g/mol. The highest BCUT2D eigenvalue weighted by Crippen LogP contribution is 2.20. The van der Waals surface area contributed by atoms with Crippen molar-refractivity contribution in [1.29, 1.82) is 0 Å². The zero-order valence-electron chi connectivity index (χ0n) is 15.5. The number of aromatic nitrogens is 2. The van der Waals surface area contributed by atoms with Gasteiger partial charge in [-0.25, -0.2) is 4.79 Å². The first-order valence-electron chi connectivity index (χ1n) is 9.48. The van der Waals surface area contributed by atoms with E-state index in [4.69, 9.17) is 4.74 Å². The lowest BCUT2D eigenvalue weighted by Crippen LogP contribution is -2.35. The molecule has 0 bridgehead atoms. The molecule has 0 radical (unpaired) electrons. The molecule has 4 rings (SSSR count). The van der Waals surface area contributed by atoms with Gasteiger partial charge in [0.05, 0.1) is 25.1 Å². The Morgan fingerprint density at radius 2 is 1.89 bits per heavy atom. The second-order valence-electron chi connectivity index (χ2n) is 7.07. The van der Waals surface area contributed by atoms with Crippen LogP contribution in [-0.2, 0) is 11.3 Å². The maximum absolute atomic E-state index is 12.5. The number of aromatic amines is 1. The normalized spacial score (nSPS) is 17.1. The topological polar surface area (TPSA) is 111 Å². The van der Waals surface area contributed by atoms with Crippen LogP contribution in [0.5, 0.6) is 0 Å². The summed E-state index contributed by atoms with van der Waals surface area (Å²) in [6.45, 7) is 4.27. The molecular formula is C19H24N6O3. The van der Waals surface area contributed by atoms with Gasteiger partial charge in [0.25, 0.3) is 5.91 Å². The molecule has 2 aromatic rings. The van der Waals surface area contributed by atoms with Crippen LogP contribution in [0.1, 0.15) is 28.9 Å². The quantitative estimate of drug-likeness (QED) is 0.607. The van der Waals surface area contributed by atoms with Crippen LogP contribution < -0.4 is 16.0 Å². The van der Waals surface area contributed by atoms with Crippen molar-refractivity contribution in [2.45, 2.75) is 25.4 Å². The Bertz CT molecular complexity index is 824. The van der Waals surface area contributed by atoms with Crippen molar-refractivity contribution in [3.05, 3.63) is 41.7 Å². The zero-order valence-corrected chi connectivity index (χ0v) is 15.5. The van der Waals surface area contributed by atoms with Crippen LogP contribution in [0, 0.1) is 0 Å². The third-order valence-corrected chi connectivity index (χ3v) is 4.75. The van der Waals surface area contributed by atoms with Crippen LogP contribution in [0.4, 0.5) is 16.2 Å². The van der Waals surface area contributed by atoms with Crippen molar-refractivity contribution < 1.29 is 14.3 Å². The van der Waals surface area contributed by atoms with Crippen LogP contribution in [0.2, 0.25) is 0 Å². The Morgan fingerprint density at radius 3 is 2.61 bits per heavy atom. The summed E-state index contributed by atoms with van der Waals surface area (Å²) < 4.78 is 5.36. The summed E-state index contributed by atoms with van der Waals surface area (Å²) in [4.78, 5) is 26.8. The molecule has 148 valence electrons. The summed E-state index contributed by atoms with van der Waals surface area (Å²) in [5.74, 6) is -0.361. The van der Waals surface area contributed by atoms with E-state index < -0.39 is 0 Å². The van der Waals surface area contributed by atoms with Gasteiger partial charge in [-0.3, -0.25) is 14.8 Å². The molecule has 2 fully saturated rings. The number of morpholine rings is 1. The minimum absolute atomic E-state index is 0.211. The predicted molar refractivity (Wildman–Crippen MR) is 104 cm³/mol. The van der Waals surface area contributed by atoms with Gasteiger partial charge in [-0.2, -0.15) is 5.10 Å². The molecule has 4 N–H and O–H groups in total. The lowest BCUT2D eigenvalue weighted by atomic mass is 10.2. The van der Waals surface area contributed by atoms with E-state index in [9.17, 15) is 9.59 Å². The molecule has 1 aromatic carbocycles. The summed E-state index contributed by atoms with van der Waals surface area (Å²) in [5, 5.41) is 14.8. The van der Waals surface area contributed by atoms with Crippen molar-refractivity contribution in [2.24, 2.45) is 0 Å². The maximum atomic E-state index is 12.5. The number of H-pyrrole nitrogens is 1. The zero-order chi connectivity index (χ0) is 19.3. The number of ether oxygens (including phenoxy) is 1. The van der Waals surface area contributed by atoms with Crippen LogP contribution in [0.25, 0.3) is 0 Å². The average molecular weight is 384 g/mol. The first kappa shape index (κ1) is 18.5. The van der Waals surface area contributed by atoms with Crippen LogP contribution >= 0.6 is 0 Å². The molecule has 9 nitrogen and oxygen atoms in total. The molecule has 0 spiro atoms. The number of carbonyl (C=O) groups excluding carboxylic acids is 2. The molecule has 1 saturated heterocycles. The molecule has 1 saturated carbocycles. The smallest absolute Gasteiger partial charge is 0.319 e. The summed E-state index contributed by atoms with van der Waals surface area (Å²) in [6, 6.07) is 7.65. The van der Waals surface area contributed by atoms with Crippen LogP contribution in [0.15, 0.2) is 30.5 Å². The fourth-order valence-corrected chi connectivity index (χ4v) is 3.03. The minimum Gasteiger partial charge on any atom is -0.379 e. The molecule has 1 aliphatic carbocycles. The number of nitrogens with zero attached hydrogens (tertiary/aromatic N) is 2. The number of carbonyl (C=O) groups is 2. The number of anilines is 2. The Kier molecular flexibility index (Phi) is 5.54. The van der Waals surface area contributed by atoms with Crippen LogP contribution in [0.3, 0.4) is 0 Å². The van der Waals surface area contributed by atoms with E-state index in [1.54, 1.807) is 0 Å². The van der Waals surface area contributed by atoms with Gasteiger partial charge in [-0.15, -0.1) is 0 Å². The number of amides is 3. The molecule has 0 unspecified atom stereocenters. The lowest BCUT2D eigenvalue weighted by Gasteiger charge is -2.26.